The van der Waals surface area contributed by atoms with Crippen molar-refractivity contribution in [1.82, 2.24) is 0 Å². The van der Waals surface area contributed by atoms with Gasteiger partial charge in [-0.05, 0) is 19.8 Å². The van der Waals surface area contributed by atoms with E-state index in [-0.39, 0.29) is 6.61 Å². The zero-order valence-corrected chi connectivity index (χ0v) is 8.21. The summed E-state index contributed by atoms with van der Waals surface area (Å²) in [5.74, 6) is 0. The van der Waals surface area contributed by atoms with E-state index in [2.05, 4.69) is 0 Å². The summed E-state index contributed by atoms with van der Waals surface area (Å²) in [5.41, 5.74) is -0.552. The lowest BCUT2D eigenvalue weighted by Crippen LogP contribution is -2.46. The van der Waals surface area contributed by atoms with Gasteiger partial charge in [-0.25, -0.2) is 0 Å². The lowest BCUT2D eigenvalue weighted by atomic mass is 9.90. The number of hydrogen-bond acceptors (Lipinski definition) is 3. The highest BCUT2D eigenvalue weighted by molar-refractivity contribution is 4.85. The third kappa shape index (κ3) is 2.44. The van der Waals surface area contributed by atoms with Crippen molar-refractivity contribution in [3.05, 3.63) is 0 Å². The number of ether oxygens (including phenoxy) is 1. The Morgan fingerprint density at radius 1 is 1.25 bits per heavy atom. The molecule has 0 heterocycles. The van der Waals surface area contributed by atoms with Crippen LogP contribution >= 0.6 is 0 Å². The Morgan fingerprint density at radius 3 is 2.00 bits per heavy atom. The topological polar surface area (TPSA) is 49.7 Å². The van der Waals surface area contributed by atoms with Gasteiger partial charge in [0.15, 0.2) is 0 Å². The first-order valence-corrected chi connectivity index (χ1v) is 4.59. The molecule has 0 aliphatic carbocycles. The first kappa shape index (κ1) is 11.9. The molecule has 0 fully saturated rings. The Balaban J connectivity index is 4.33. The van der Waals surface area contributed by atoms with Gasteiger partial charge in [0.05, 0.1) is 12.2 Å². The molecule has 0 aromatic rings. The second kappa shape index (κ2) is 5.51. The van der Waals surface area contributed by atoms with Gasteiger partial charge in [-0.2, -0.15) is 0 Å². The van der Waals surface area contributed by atoms with E-state index in [1.54, 1.807) is 0 Å². The Labute approximate surface area is 74.4 Å². The summed E-state index contributed by atoms with van der Waals surface area (Å²) < 4.78 is 5.47. The Bertz CT molecular complexity index is 110. The smallest absolute Gasteiger partial charge is 0.106 e. The van der Waals surface area contributed by atoms with Crippen molar-refractivity contribution < 1.29 is 14.9 Å². The first-order valence-electron chi connectivity index (χ1n) is 4.59. The van der Waals surface area contributed by atoms with Gasteiger partial charge in [0.1, 0.15) is 6.10 Å². The Hall–Kier alpha value is -0.120. The van der Waals surface area contributed by atoms with E-state index in [4.69, 9.17) is 9.84 Å². The van der Waals surface area contributed by atoms with E-state index in [0.29, 0.717) is 6.61 Å². The highest BCUT2D eigenvalue weighted by Gasteiger charge is 2.34. The molecule has 0 saturated heterocycles. The van der Waals surface area contributed by atoms with Gasteiger partial charge >= 0.3 is 0 Å². The maximum absolute atomic E-state index is 9.52. The third-order valence-corrected chi connectivity index (χ3v) is 2.41. The summed E-state index contributed by atoms with van der Waals surface area (Å²) in [6, 6.07) is 0. The van der Waals surface area contributed by atoms with Crippen LogP contribution < -0.4 is 0 Å². The molecule has 0 aromatic heterocycles. The fraction of sp³-hybridized carbons (Fsp3) is 1.00. The number of hydrogen-bond donors (Lipinski definition) is 2. The normalized spacial score (nSPS) is 14.8. The van der Waals surface area contributed by atoms with E-state index >= 15 is 0 Å². The van der Waals surface area contributed by atoms with Crippen LogP contribution in [0.3, 0.4) is 0 Å². The summed E-state index contributed by atoms with van der Waals surface area (Å²) in [4.78, 5) is 0. The van der Waals surface area contributed by atoms with E-state index in [9.17, 15) is 5.11 Å². The van der Waals surface area contributed by atoms with Gasteiger partial charge in [0.25, 0.3) is 0 Å². The minimum Gasteiger partial charge on any atom is -0.394 e. The van der Waals surface area contributed by atoms with Gasteiger partial charge in [-0.1, -0.05) is 13.8 Å². The standard InChI is InChI=1S/C9H20O3/c1-4-9(5-2,12-6-3)8(11)7-10/h8,10-11H,4-7H2,1-3H3. The maximum Gasteiger partial charge on any atom is 0.106 e. The largest absolute Gasteiger partial charge is 0.394 e. The van der Waals surface area contributed by atoms with E-state index in [1.165, 1.54) is 0 Å². The summed E-state index contributed by atoms with van der Waals surface area (Å²) in [7, 11) is 0. The number of aliphatic hydroxyl groups excluding tert-OH is 2. The molecule has 0 saturated carbocycles. The molecule has 3 nitrogen and oxygen atoms in total. The molecule has 1 atom stereocenters. The van der Waals surface area contributed by atoms with Crippen molar-refractivity contribution in [2.24, 2.45) is 0 Å². The molecule has 0 rings (SSSR count). The molecule has 0 aromatic carbocycles. The van der Waals surface area contributed by atoms with Gasteiger partial charge < -0.3 is 14.9 Å². The third-order valence-electron chi connectivity index (χ3n) is 2.41. The minimum atomic E-state index is -0.771. The Morgan fingerprint density at radius 2 is 1.75 bits per heavy atom. The van der Waals surface area contributed by atoms with Gasteiger partial charge in [0, 0.05) is 6.61 Å². The lowest BCUT2D eigenvalue weighted by Gasteiger charge is -2.35. The van der Waals surface area contributed by atoms with Gasteiger partial charge in [-0.3, -0.25) is 0 Å². The molecular formula is C9H20O3. The van der Waals surface area contributed by atoms with E-state index in [0.717, 1.165) is 12.8 Å². The zero-order valence-electron chi connectivity index (χ0n) is 8.21. The van der Waals surface area contributed by atoms with Crippen LogP contribution in [-0.4, -0.2) is 35.1 Å². The zero-order chi connectivity index (χ0) is 9.61. The molecule has 12 heavy (non-hydrogen) atoms. The van der Waals surface area contributed by atoms with Crippen LogP contribution in [0.15, 0.2) is 0 Å². The fourth-order valence-corrected chi connectivity index (χ4v) is 1.48. The maximum atomic E-state index is 9.52. The number of rotatable bonds is 6. The summed E-state index contributed by atoms with van der Waals surface area (Å²) >= 11 is 0. The van der Waals surface area contributed by atoms with Crippen LogP contribution in [0.1, 0.15) is 33.6 Å². The highest BCUT2D eigenvalue weighted by Crippen LogP contribution is 2.24. The molecule has 0 radical (unpaired) electrons. The summed E-state index contributed by atoms with van der Waals surface area (Å²) in [5, 5.41) is 18.4. The molecule has 74 valence electrons. The molecule has 3 heteroatoms. The van der Waals surface area contributed by atoms with Crippen LogP contribution in [0.5, 0.6) is 0 Å². The predicted octanol–water partition coefficient (Wildman–Crippen LogP) is 0.935. The second-order valence-corrected chi connectivity index (χ2v) is 2.90. The van der Waals surface area contributed by atoms with E-state index in [1.807, 2.05) is 20.8 Å². The predicted molar refractivity (Wildman–Crippen MR) is 48.0 cm³/mol. The van der Waals surface area contributed by atoms with Crippen LogP contribution in [0.4, 0.5) is 0 Å². The van der Waals surface area contributed by atoms with Gasteiger partial charge in [-0.15, -0.1) is 0 Å². The van der Waals surface area contributed by atoms with Crippen molar-refractivity contribution >= 4 is 0 Å². The summed E-state index contributed by atoms with van der Waals surface area (Å²) in [6.45, 7) is 6.14. The van der Waals surface area contributed by atoms with Crippen molar-refractivity contribution in [2.75, 3.05) is 13.2 Å². The van der Waals surface area contributed by atoms with Crippen molar-refractivity contribution in [2.45, 2.75) is 45.3 Å². The molecule has 2 N–H and O–H groups in total. The fourth-order valence-electron chi connectivity index (χ4n) is 1.48. The molecule has 0 spiro atoms. The SMILES string of the molecule is CCOC(CC)(CC)C(O)CO. The van der Waals surface area contributed by atoms with Crippen LogP contribution in [-0.2, 0) is 4.74 Å². The van der Waals surface area contributed by atoms with Crippen molar-refractivity contribution in [3.8, 4) is 0 Å². The highest BCUT2D eigenvalue weighted by atomic mass is 16.5. The molecule has 0 bridgehead atoms. The van der Waals surface area contributed by atoms with Crippen LogP contribution in [0.25, 0.3) is 0 Å². The van der Waals surface area contributed by atoms with Crippen molar-refractivity contribution in [3.63, 3.8) is 0 Å². The Kier molecular flexibility index (Phi) is 5.46. The van der Waals surface area contributed by atoms with Crippen LogP contribution in [0.2, 0.25) is 0 Å². The second-order valence-electron chi connectivity index (χ2n) is 2.90. The molecule has 1 unspecified atom stereocenters. The van der Waals surface area contributed by atoms with E-state index < -0.39 is 11.7 Å². The molecular weight excluding hydrogens is 156 g/mol. The first-order chi connectivity index (χ1) is 5.66. The summed E-state index contributed by atoms with van der Waals surface area (Å²) in [6.07, 6.45) is 0.672. The lowest BCUT2D eigenvalue weighted by molar-refractivity contribution is -0.138. The van der Waals surface area contributed by atoms with Crippen molar-refractivity contribution in [1.29, 1.82) is 0 Å². The van der Waals surface area contributed by atoms with Gasteiger partial charge in [0.2, 0.25) is 0 Å². The quantitative estimate of drug-likeness (QED) is 0.633. The average Bonchev–Trinajstić information content (AvgIpc) is 2.13. The average molecular weight is 176 g/mol. The minimum absolute atomic E-state index is 0.234. The molecule has 0 aliphatic rings. The monoisotopic (exact) mass is 176 g/mol. The molecule has 0 amide bonds. The number of aliphatic hydroxyl groups is 2. The van der Waals surface area contributed by atoms with Crippen LogP contribution in [0, 0.1) is 0 Å². The molecule has 0 aliphatic heterocycles.